The third-order valence-electron chi connectivity index (χ3n) is 12.6. The Kier molecular flexibility index (Phi) is 8.11. The molecule has 0 atom stereocenters. The van der Waals surface area contributed by atoms with Crippen molar-refractivity contribution >= 4 is 65.2 Å². The third kappa shape index (κ3) is 5.73. The van der Waals surface area contributed by atoms with Crippen LogP contribution < -0.4 is 0 Å². The van der Waals surface area contributed by atoms with Crippen LogP contribution in [-0.2, 0) is 0 Å². The zero-order valence-electron chi connectivity index (χ0n) is 34.5. The molecule has 0 fully saturated rings. The van der Waals surface area contributed by atoms with Gasteiger partial charge in [0.25, 0.3) is 0 Å². The Morgan fingerprint density at radius 1 is 0.312 bits per heavy atom. The fraction of sp³-hybridized carbons (Fsp3) is 0. The van der Waals surface area contributed by atoms with Crippen LogP contribution in [0.1, 0.15) is 0 Å². The van der Waals surface area contributed by atoms with Gasteiger partial charge in [-0.3, -0.25) is 4.57 Å². The second-order valence-electron chi connectivity index (χ2n) is 16.3. The van der Waals surface area contributed by atoms with Crippen LogP contribution in [0.25, 0.3) is 122 Å². The first-order valence-electron chi connectivity index (χ1n) is 21.5. The molecule has 0 aliphatic rings. The molecule has 4 aromatic heterocycles. The van der Waals surface area contributed by atoms with Gasteiger partial charge in [0, 0.05) is 50.1 Å². The van der Waals surface area contributed by atoms with Crippen LogP contribution in [0.15, 0.2) is 219 Å². The molecule has 0 saturated heterocycles. The Morgan fingerprint density at radius 3 is 1.67 bits per heavy atom. The van der Waals surface area contributed by atoms with Gasteiger partial charge in [0.05, 0.1) is 22.1 Å². The topological polar surface area (TPSA) is 61.4 Å². The molecule has 0 aliphatic carbocycles. The number of para-hydroxylation sites is 1. The molecule has 13 aromatic rings. The van der Waals surface area contributed by atoms with E-state index < -0.39 is 0 Å². The van der Waals surface area contributed by atoms with E-state index in [0.717, 1.165) is 72.2 Å². The highest BCUT2D eigenvalue weighted by Crippen LogP contribution is 2.43. The van der Waals surface area contributed by atoms with Gasteiger partial charge in [-0.15, -0.1) is 0 Å². The van der Waals surface area contributed by atoms with E-state index in [-0.39, 0.29) is 0 Å². The third-order valence-corrected chi connectivity index (χ3v) is 12.6. The molecule has 0 unspecified atom stereocenters. The van der Waals surface area contributed by atoms with Crippen LogP contribution >= 0.6 is 0 Å². The Balaban J connectivity index is 1.07. The molecule has 0 saturated carbocycles. The summed E-state index contributed by atoms with van der Waals surface area (Å²) in [7, 11) is 0. The summed E-state index contributed by atoms with van der Waals surface area (Å²) in [6, 6.07) is 74.9. The number of hydrogen-bond acceptors (Lipinski definition) is 4. The predicted octanol–water partition coefficient (Wildman–Crippen LogP) is 14.4. The Bertz CT molecular complexity index is 3930. The van der Waals surface area contributed by atoms with Gasteiger partial charge < -0.3 is 4.57 Å². The average Bonchev–Trinajstić information content (AvgIpc) is 3.88. The van der Waals surface area contributed by atoms with Gasteiger partial charge in [-0.1, -0.05) is 164 Å². The Hall–Kier alpha value is -8.74. The van der Waals surface area contributed by atoms with Gasteiger partial charge in [0.2, 0.25) is 0 Å². The number of rotatable bonds is 6. The molecule has 0 amide bonds. The zero-order chi connectivity index (χ0) is 42.1. The zero-order valence-corrected chi connectivity index (χ0v) is 34.5. The molecule has 6 heteroatoms. The van der Waals surface area contributed by atoms with Crippen LogP contribution in [0.4, 0.5) is 0 Å². The first-order valence-corrected chi connectivity index (χ1v) is 21.5. The van der Waals surface area contributed by atoms with E-state index >= 15 is 0 Å². The second-order valence-corrected chi connectivity index (χ2v) is 16.3. The molecule has 0 aliphatic heterocycles. The minimum Gasteiger partial charge on any atom is -0.309 e. The fourth-order valence-corrected chi connectivity index (χ4v) is 9.65. The minimum atomic E-state index is 0.611. The summed E-state index contributed by atoms with van der Waals surface area (Å²) in [5.41, 5.74) is 10.5. The number of pyridine rings is 1. The lowest BCUT2D eigenvalue weighted by Crippen LogP contribution is -2.02. The van der Waals surface area contributed by atoms with Crippen LogP contribution in [0.3, 0.4) is 0 Å². The lowest BCUT2D eigenvalue weighted by Gasteiger charge is -2.15. The van der Waals surface area contributed by atoms with Crippen LogP contribution in [0, 0.1) is 0 Å². The summed E-state index contributed by atoms with van der Waals surface area (Å²) < 4.78 is 4.72. The molecular formula is C58H36N6. The SMILES string of the molecule is c1ccc(-c2ccc(-c3nc(-c4ccccc4)nc(-c4cc(-n5c6ccccc6c6cc7c8c9ccccc9ccc8n(-c8ccccn8)c7cc65)cc5ccccc45)n3)cc2)cc1. The molecule has 0 bridgehead atoms. The summed E-state index contributed by atoms with van der Waals surface area (Å²) in [5.74, 6) is 2.73. The van der Waals surface area contributed by atoms with E-state index in [1.165, 1.54) is 32.3 Å². The van der Waals surface area contributed by atoms with E-state index in [1.54, 1.807) is 0 Å². The van der Waals surface area contributed by atoms with Crippen molar-refractivity contribution in [3.63, 3.8) is 0 Å². The predicted molar refractivity (Wildman–Crippen MR) is 263 cm³/mol. The first kappa shape index (κ1) is 36.0. The molecule has 6 nitrogen and oxygen atoms in total. The molecule has 0 spiro atoms. The number of nitrogens with zero attached hydrogens (tertiary/aromatic N) is 6. The average molecular weight is 817 g/mol. The number of benzene rings is 9. The van der Waals surface area contributed by atoms with Gasteiger partial charge in [0.1, 0.15) is 5.82 Å². The molecular weight excluding hydrogens is 781 g/mol. The van der Waals surface area contributed by atoms with Crippen molar-refractivity contribution in [2.45, 2.75) is 0 Å². The van der Waals surface area contributed by atoms with Gasteiger partial charge in [0.15, 0.2) is 17.5 Å². The number of fused-ring (bicyclic) bond motifs is 9. The quantitative estimate of drug-likeness (QED) is 0.168. The molecule has 64 heavy (non-hydrogen) atoms. The fourth-order valence-electron chi connectivity index (χ4n) is 9.65. The summed E-state index contributed by atoms with van der Waals surface area (Å²) in [6.45, 7) is 0. The maximum absolute atomic E-state index is 5.29. The van der Waals surface area contributed by atoms with Crippen molar-refractivity contribution in [2.24, 2.45) is 0 Å². The van der Waals surface area contributed by atoms with Crippen molar-refractivity contribution in [1.29, 1.82) is 0 Å². The largest absolute Gasteiger partial charge is 0.309 e. The summed E-state index contributed by atoms with van der Waals surface area (Å²) in [4.78, 5) is 20.5. The second kappa shape index (κ2) is 14.4. The van der Waals surface area contributed by atoms with Gasteiger partial charge in [-0.25, -0.2) is 19.9 Å². The summed E-state index contributed by atoms with van der Waals surface area (Å²) in [6.07, 6.45) is 1.87. The van der Waals surface area contributed by atoms with Crippen LogP contribution in [-0.4, -0.2) is 29.1 Å². The normalized spacial score (nSPS) is 11.8. The van der Waals surface area contributed by atoms with Crippen molar-refractivity contribution < 1.29 is 0 Å². The maximum atomic E-state index is 5.29. The number of hydrogen-bond donors (Lipinski definition) is 0. The monoisotopic (exact) mass is 816 g/mol. The van der Waals surface area contributed by atoms with Crippen molar-refractivity contribution in [1.82, 2.24) is 29.1 Å². The Morgan fingerprint density at radius 2 is 0.906 bits per heavy atom. The van der Waals surface area contributed by atoms with Gasteiger partial charge >= 0.3 is 0 Å². The smallest absolute Gasteiger partial charge is 0.164 e. The Labute approximate surface area is 368 Å². The van der Waals surface area contributed by atoms with E-state index in [9.17, 15) is 0 Å². The number of aromatic nitrogens is 6. The van der Waals surface area contributed by atoms with Crippen molar-refractivity contribution in [3.05, 3.63) is 219 Å². The van der Waals surface area contributed by atoms with Crippen molar-refractivity contribution in [2.75, 3.05) is 0 Å². The molecule has 9 aromatic carbocycles. The molecule has 298 valence electrons. The first-order chi connectivity index (χ1) is 31.7. The highest BCUT2D eigenvalue weighted by molar-refractivity contribution is 6.25. The molecule has 4 heterocycles. The minimum absolute atomic E-state index is 0.611. The maximum Gasteiger partial charge on any atom is 0.164 e. The molecule has 0 N–H and O–H groups in total. The van der Waals surface area contributed by atoms with Crippen molar-refractivity contribution in [3.8, 4) is 56.8 Å². The van der Waals surface area contributed by atoms with E-state index in [0.29, 0.717) is 17.5 Å². The van der Waals surface area contributed by atoms with E-state index in [2.05, 4.69) is 191 Å². The highest BCUT2D eigenvalue weighted by atomic mass is 15.1. The lowest BCUT2D eigenvalue weighted by atomic mass is 10.0. The van der Waals surface area contributed by atoms with E-state index in [1.807, 2.05) is 36.5 Å². The molecule has 0 radical (unpaired) electrons. The summed E-state index contributed by atoms with van der Waals surface area (Å²) >= 11 is 0. The standard InChI is InChI=1S/C58H36N6/c1-3-15-37(16-4-1)38-26-28-41(29-27-38)57-60-56(40-18-5-2-6-19-40)61-58(62-57)48-34-43(33-42-20-8-9-21-44(42)48)63-50-24-12-11-23-46(50)47-35-49-53(36-52(47)63)64(54-25-13-14-32-59-54)51-31-30-39-17-7-10-22-45(39)55(49)51/h1-36H. The summed E-state index contributed by atoms with van der Waals surface area (Å²) in [5, 5.41) is 9.36. The van der Waals surface area contributed by atoms with Crippen LogP contribution in [0.5, 0.6) is 0 Å². The van der Waals surface area contributed by atoms with Gasteiger partial charge in [-0.2, -0.15) is 0 Å². The lowest BCUT2D eigenvalue weighted by molar-refractivity contribution is 1.07. The van der Waals surface area contributed by atoms with Gasteiger partial charge in [-0.05, 0) is 81.2 Å². The highest BCUT2D eigenvalue weighted by Gasteiger charge is 2.22. The van der Waals surface area contributed by atoms with E-state index in [4.69, 9.17) is 19.9 Å². The van der Waals surface area contributed by atoms with Crippen LogP contribution in [0.2, 0.25) is 0 Å². The molecule has 13 rings (SSSR count).